The van der Waals surface area contributed by atoms with E-state index in [2.05, 4.69) is 10.2 Å². The number of benzene rings is 2. The van der Waals surface area contributed by atoms with E-state index in [1.807, 2.05) is 0 Å². The fourth-order valence-electron chi connectivity index (χ4n) is 2.17. The molecule has 0 atom stereocenters. The molecule has 116 valence electrons. The number of anilines is 1. The molecule has 0 fully saturated rings. The lowest BCUT2D eigenvalue weighted by molar-refractivity contribution is 0.0993. The van der Waals surface area contributed by atoms with E-state index in [-0.39, 0.29) is 11.7 Å². The molecule has 6 heteroatoms. The van der Waals surface area contributed by atoms with Gasteiger partial charge in [-0.1, -0.05) is 6.07 Å². The second-order valence-electron chi connectivity index (χ2n) is 5.05. The van der Waals surface area contributed by atoms with E-state index in [0.29, 0.717) is 28.6 Å². The average Bonchev–Trinajstić information content (AvgIpc) is 3.01. The zero-order chi connectivity index (χ0) is 16.4. The number of carbonyl (C=O) groups excluding carboxylic acids is 1. The summed E-state index contributed by atoms with van der Waals surface area (Å²) >= 11 is 0. The second kappa shape index (κ2) is 6.00. The van der Waals surface area contributed by atoms with Gasteiger partial charge < -0.3 is 9.32 Å². The van der Waals surface area contributed by atoms with Crippen molar-refractivity contribution in [2.75, 3.05) is 11.9 Å². The van der Waals surface area contributed by atoms with Crippen molar-refractivity contribution in [3.63, 3.8) is 0 Å². The Kier molecular flexibility index (Phi) is 3.89. The highest BCUT2D eigenvalue weighted by atomic mass is 19.1. The molecular formula is C17H14FN3O2. The Labute approximate surface area is 132 Å². The van der Waals surface area contributed by atoms with Gasteiger partial charge in [0.15, 0.2) is 0 Å². The van der Waals surface area contributed by atoms with Gasteiger partial charge in [0, 0.05) is 30.8 Å². The van der Waals surface area contributed by atoms with Gasteiger partial charge in [0.2, 0.25) is 11.8 Å². The van der Waals surface area contributed by atoms with Crippen LogP contribution >= 0.6 is 0 Å². The third-order valence-corrected chi connectivity index (χ3v) is 3.40. The highest BCUT2D eigenvalue weighted by Gasteiger charge is 2.15. The summed E-state index contributed by atoms with van der Waals surface area (Å²) in [7, 11) is 1.64. The minimum absolute atomic E-state index is 0.213. The highest BCUT2D eigenvalue weighted by Crippen LogP contribution is 2.21. The Hall–Kier alpha value is -3.02. The Morgan fingerprint density at radius 1 is 1.13 bits per heavy atom. The van der Waals surface area contributed by atoms with Gasteiger partial charge in [-0.15, -0.1) is 10.2 Å². The van der Waals surface area contributed by atoms with Crippen LogP contribution in [-0.2, 0) is 0 Å². The summed E-state index contributed by atoms with van der Waals surface area (Å²) in [5, 5.41) is 7.73. The standard InChI is InChI=1S/C17H14FN3O2/c1-11-19-20-16(23-11)12-4-3-5-13(10-12)17(22)21(2)15-8-6-14(18)7-9-15/h3-10H,1-2H3. The summed E-state index contributed by atoms with van der Waals surface area (Å²) in [4.78, 5) is 14.0. The number of nitrogens with zero attached hydrogens (tertiary/aromatic N) is 3. The summed E-state index contributed by atoms with van der Waals surface area (Å²) in [6.07, 6.45) is 0. The molecule has 0 spiro atoms. The molecule has 0 aliphatic heterocycles. The number of amides is 1. The first kappa shape index (κ1) is 14.9. The largest absolute Gasteiger partial charge is 0.421 e. The molecule has 2 aromatic carbocycles. The van der Waals surface area contributed by atoms with Crippen molar-refractivity contribution in [3.8, 4) is 11.5 Å². The van der Waals surface area contributed by atoms with E-state index in [1.165, 1.54) is 17.0 Å². The van der Waals surface area contributed by atoms with Crippen molar-refractivity contribution in [3.05, 3.63) is 65.8 Å². The first-order valence-corrected chi connectivity index (χ1v) is 6.99. The molecule has 1 aromatic heterocycles. The molecule has 0 N–H and O–H groups in total. The number of carbonyl (C=O) groups is 1. The van der Waals surface area contributed by atoms with Crippen molar-refractivity contribution in [1.82, 2.24) is 10.2 Å². The van der Waals surface area contributed by atoms with E-state index in [4.69, 9.17) is 4.42 Å². The molecule has 3 aromatic rings. The Balaban J connectivity index is 1.89. The quantitative estimate of drug-likeness (QED) is 0.743. The number of aryl methyl sites for hydroxylation is 1. The number of aromatic nitrogens is 2. The molecule has 23 heavy (non-hydrogen) atoms. The van der Waals surface area contributed by atoms with Crippen LogP contribution in [0.4, 0.5) is 10.1 Å². The van der Waals surface area contributed by atoms with Gasteiger partial charge in [-0.25, -0.2) is 4.39 Å². The summed E-state index contributed by atoms with van der Waals surface area (Å²) in [5.41, 5.74) is 1.75. The monoisotopic (exact) mass is 311 g/mol. The fourth-order valence-corrected chi connectivity index (χ4v) is 2.17. The molecule has 0 aliphatic carbocycles. The molecule has 1 heterocycles. The SMILES string of the molecule is Cc1nnc(-c2cccc(C(=O)N(C)c3ccc(F)cc3)c2)o1. The van der Waals surface area contributed by atoms with Crippen LogP contribution in [0.1, 0.15) is 16.2 Å². The van der Waals surface area contributed by atoms with Crippen LogP contribution in [0.2, 0.25) is 0 Å². The van der Waals surface area contributed by atoms with Crippen molar-refractivity contribution in [2.45, 2.75) is 6.92 Å². The summed E-state index contributed by atoms with van der Waals surface area (Å²) < 4.78 is 18.4. The smallest absolute Gasteiger partial charge is 0.258 e. The third-order valence-electron chi connectivity index (χ3n) is 3.40. The van der Waals surface area contributed by atoms with Gasteiger partial charge in [0.1, 0.15) is 5.82 Å². The molecule has 5 nitrogen and oxygen atoms in total. The van der Waals surface area contributed by atoms with E-state index in [9.17, 15) is 9.18 Å². The first-order valence-electron chi connectivity index (χ1n) is 6.99. The Morgan fingerprint density at radius 3 is 2.52 bits per heavy atom. The molecule has 0 saturated carbocycles. The normalized spacial score (nSPS) is 10.6. The molecule has 3 rings (SSSR count). The molecule has 1 amide bonds. The van der Waals surface area contributed by atoms with Crippen LogP contribution in [0.25, 0.3) is 11.5 Å². The van der Waals surface area contributed by atoms with Gasteiger partial charge in [0.05, 0.1) is 0 Å². The summed E-state index contributed by atoms with van der Waals surface area (Å²) in [6, 6.07) is 12.7. The van der Waals surface area contributed by atoms with Crippen LogP contribution in [0.15, 0.2) is 52.9 Å². The van der Waals surface area contributed by atoms with Gasteiger partial charge >= 0.3 is 0 Å². The zero-order valence-corrected chi connectivity index (χ0v) is 12.7. The summed E-state index contributed by atoms with van der Waals surface area (Å²) in [6.45, 7) is 1.70. The van der Waals surface area contributed by atoms with Crippen LogP contribution < -0.4 is 4.90 Å². The molecule has 0 aliphatic rings. The van der Waals surface area contributed by atoms with Crippen LogP contribution in [-0.4, -0.2) is 23.2 Å². The van der Waals surface area contributed by atoms with Gasteiger partial charge in [-0.3, -0.25) is 4.79 Å². The average molecular weight is 311 g/mol. The number of halogens is 1. The zero-order valence-electron chi connectivity index (χ0n) is 12.7. The van der Waals surface area contributed by atoms with Crippen LogP contribution in [0, 0.1) is 12.7 Å². The lowest BCUT2D eigenvalue weighted by Crippen LogP contribution is -2.26. The lowest BCUT2D eigenvalue weighted by atomic mass is 10.1. The van der Waals surface area contributed by atoms with Crippen LogP contribution in [0.5, 0.6) is 0 Å². The fraction of sp³-hybridized carbons (Fsp3) is 0.118. The van der Waals surface area contributed by atoms with Gasteiger partial charge in [-0.2, -0.15) is 0 Å². The molecular weight excluding hydrogens is 297 g/mol. The maximum atomic E-state index is 13.0. The molecule has 0 bridgehead atoms. The number of hydrogen-bond donors (Lipinski definition) is 0. The van der Waals surface area contributed by atoms with E-state index < -0.39 is 0 Å². The van der Waals surface area contributed by atoms with Gasteiger partial charge in [-0.05, 0) is 42.5 Å². The Bertz CT molecular complexity index is 843. The molecule has 0 saturated heterocycles. The third kappa shape index (κ3) is 3.11. The van der Waals surface area contributed by atoms with E-state index in [0.717, 1.165) is 0 Å². The second-order valence-corrected chi connectivity index (χ2v) is 5.05. The number of rotatable bonds is 3. The van der Waals surface area contributed by atoms with Crippen molar-refractivity contribution in [1.29, 1.82) is 0 Å². The number of hydrogen-bond acceptors (Lipinski definition) is 4. The predicted molar refractivity (Wildman–Crippen MR) is 83.6 cm³/mol. The summed E-state index contributed by atoms with van der Waals surface area (Å²) in [5.74, 6) is 0.264. The first-order chi connectivity index (χ1) is 11.0. The minimum atomic E-state index is -0.344. The minimum Gasteiger partial charge on any atom is -0.421 e. The van der Waals surface area contributed by atoms with Crippen molar-refractivity contribution in [2.24, 2.45) is 0 Å². The van der Waals surface area contributed by atoms with Gasteiger partial charge in [0.25, 0.3) is 5.91 Å². The van der Waals surface area contributed by atoms with Crippen molar-refractivity contribution >= 4 is 11.6 Å². The molecule has 0 radical (unpaired) electrons. The highest BCUT2D eigenvalue weighted by molar-refractivity contribution is 6.06. The topological polar surface area (TPSA) is 59.2 Å². The predicted octanol–water partition coefficient (Wildman–Crippen LogP) is 3.46. The van der Waals surface area contributed by atoms with Crippen molar-refractivity contribution < 1.29 is 13.6 Å². The van der Waals surface area contributed by atoms with Crippen LogP contribution in [0.3, 0.4) is 0 Å². The maximum Gasteiger partial charge on any atom is 0.258 e. The molecule has 0 unspecified atom stereocenters. The Morgan fingerprint density at radius 2 is 1.87 bits per heavy atom. The maximum absolute atomic E-state index is 13.0. The van der Waals surface area contributed by atoms with E-state index >= 15 is 0 Å². The lowest BCUT2D eigenvalue weighted by Gasteiger charge is -2.17. The van der Waals surface area contributed by atoms with E-state index in [1.54, 1.807) is 50.4 Å².